The van der Waals surface area contributed by atoms with Crippen molar-refractivity contribution in [3.8, 4) is 5.82 Å². The summed E-state index contributed by atoms with van der Waals surface area (Å²) in [6.45, 7) is 9.49. The number of rotatable bonds is 8. The molecule has 1 saturated carbocycles. The van der Waals surface area contributed by atoms with Crippen LogP contribution in [0, 0.1) is 18.8 Å². The number of aromatic nitrogens is 5. The first kappa shape index (κ1) is 22.9. The van der Waals surface area contributed by atoms with Crippen LogP contribution in [0.2, 0.25) is 0 Å². The molecule has 1 aliphatic carbocycles. The van der Waals surface area contributed by atoms with E-state index in [1.165, 1.54) is 0 Å². The van der Waals surface area contributed by atoms with E-state index in [9.17, 15) is 4.79 Å². The smallest absolute Gasteiger partial charge is 0.229 e. The molecule has 0 bridgehead atoms. The van der Waals surface area contributed by atoms with Crippen LogP contribution in [-0.2, 0) is 17.9 Å². The number of ketones is 1. The maximum atomic E-state index is 12.9. The first-order valence-corrected chi connectivity index (χ1v) is 12.7. The molecule has 1 saturated heterocycles. The van der Waals surface area contributed by atoms with Crippen molar-refractivity contribution < 1.29 is 9.63 Å². The monoisotopic (exact) mass is 485 g/mol. The third-order valence-electron chi connectivity index (χ3n) is 6.97. The zero-order chi connectivity index (χ0) is 24.8. The number of carbonyl (C=O) groups excluding carboxylic acids is 1. The minimum Gasteiger partial charge on any atom is -0.347 e. The van der Waals surface area contributed by atoms with Gasteiger partial charge in [0.2, 0.25) is 5.95 Å². The SMILES string of the molecule is CCn1cc(C(=O)C2CC2)c2cc(Nc3nccc(-n4cc(CN5CC(C)CO5)c(C)n4)n3)ccc21. The topological polar surface area (TPSA) is 90.1 Å². The van der Waals surface area contributed by atoms with E-state index >= 15 is 0 Å². The quantitative estimate of drug-likeness (QED) is 0.363. The predicted octanol–water partition coefficient (Wildman–Crippen LogP) is 4.66. The number of anilines is 2. The molecule has 186 valence electrons. The number of hydrogen-bond donors (Lipinski definition) is 1. The molecule has 9 nitrogen and oxygen atoms in total. The highest BCUT2D eigenvalue weighted by molar-refractivity contribution is 6.10. The second kappa shape index (κ2) is 9.15. The summed E-state index contributed by atoms with van der Waals surface area (Å²) >= 11 is 0. The van der Waals surface area contributed by atoms with Gasteiger partial charge in [0.25, 0.3) is 0 Å². The maximum absolute atomic E-state index is 12.9. The van der Waals surface area contributed by atoms with Gasteiger partial charge in [0.1, 0.15) is 0 Å². The summed E-state index contributed by atoms with van der Waals surface area (Å²) in [6.07, 6.45) is 7.71. The first-order valence-electron chi connectivity index (χ1n) is 12.7. The number of nitrogens with one attached hydrogen (secondary N) is 1. The van der Waals surface area contributed by atoms with Crippen molar-refractivity contribution in [3.63, 3.8) is 0 Å². The number of carbonyl (C=O) groups is 1. The highest BCUT2D eigenvalue weighted by Gasteiger charge is 2.32. The lowest BCUT2D eigenvalue weighted by Gasteiger charge is -2.12. The van der Waals surface area contributed by atoms with Gasteiger partial charge in [0.15, 0.2) is 11.6 Å². The second-order valence-electron chi connectivity index (χ2n) is 9.97. The summed E-state index contributed by atoms with van der Waals surface area (Å²) in [5.41, 5.74) is 4.78. The summed E-state index contributed by atoms with van der Waals surface area (Å²) in [7, 11) is 0. The molecule has 3 aromatic heterocycles. The van der Waals surface area contributed by atoms with Crippen molar-refractivity contribution in [3.05, 3.63) is 59.7 Å². The largest absolute Gasteiger partial charge is 0.347 e. The molecular formula is C27H31N7O2. The second-order valence-corrected chi connectivity index (χ2v) is 9.97. The van der Waals surface area contributed by atoms with Crippen molar-refractivity contribution in [1.82, 2.24) is 29.4 Å². The summed E-state index contributed by atoms with van der Waals surface area (Å²) in [5, 5.41) is 11.0. The van der Waals surface area contributed by atoms with Gasteiger partial charge in [-0.25, -0.2) is 9.67 Å². The Bertz CT molecular complexity index is 1440. The minimum absolute atomic E-state index is 0.181. The van der Waals surface area contributed by atoms with E-state index in [0.29, 0.717) is 24.2 Å². The van der Waals surface area contributed by atoms with Gasteiger partial charge >= 0.3 is 0 Å². The molecular weight excluding hydrogens is 454 g/mol. The molecule has 2 aliphatic rings. The lowest BCUT2D eigenvalue weighted by Crippen LogP contribution is -2.18. The molecule has 2 fully saturated rings. The highest BCUT2D eigenvalue weighted by atomic mass is 16.7. The van der Waals surface area contributed by atoms with Crippen LogP contribution >= 0.6 is 0 Å². The molecule has 4 heterocycles. The fourth-order valence-corrected chi connectivity index (χ4v) is 4.82. The summed E-state index contributed by atoms with van der Waals surface area (Å²) in [4.78, 5) is 27.7. The Balaban J connectivity index is 1.25. The van der Waals surface area contributed by atoms with Gasteiger partial charge in [-0.15, -0.1) is 0 Å². The van der Waals surface area contributed by atoms with Crippen LogP contribution in [-0.4, -0.2) is 48.3 Å². The van der Waals surface area contributed by atoms with Crippen molar-refractivity contribution in [2.24, 2.45) is 11.8 Å². The average Bonchev–Trinajstić information content (AvgIpc) is 3.41. The Morgan fingerprint density at radius 3 is 2.83 bits per heavy atom. The molecule has 1 N–H and O–H groups in total. The van der Waals surface area contributed by atoms with Gasteiger partial charge in [-0.05, 0) is 50.8 Å². The maximum Gasteiger partial charge on any atom is 0.229 e. The fraction of sp³-hybridized carbons (Fsp3) is 0.407. The first-order chi connectivity index (χ1) is 17.5. The normalized spacial score (nSPS) is 18.2. The predicted molar refractivity (Wildman–Crippen MR) is 137 cm³/mol. The average molecular weight is 486 g/mol. The van der Waals surface area contributed by atoms with Crippen LogP contribution in [0.3, 0.4) is 0 Å². The zero-order valence-corrected chi connectivity index (χ0v) is 20.9. The Kier molecular flexibility index (Phi) is 5.81. The number of hydroxylamine groups is 2. The molecule has 1 unspecified atom stereocenters. The fourth-order valence-electron chi connectivity index (χ4n) is 4.82. The van der Waals surface area contributed by atoms with Crippen LogP contribution in [0.1, 0.15) is 48.3 Å². The lowest BCUT2D eigenvalue weighted by atomic mass is 10.1. The van der Waals surface area contributed by atoms with E-state index in [1.54, 1.807) is 10.9 Å². The van der Waals surface area contributed by atoms with E-state index in [-0.39, 0.29) is 11.7 Å². The van der Waals surface area contributed by atoms with Gasteiger partial charge in [-0.2, -0.15) is 15.1 Å². The van der Waals surface area contributed by atoms with Gasteiger partial charge in [0.05, 0.1) is 18.8 Å². The van der Waals surface area contributed by atoms with Crippen molar-refractivity contribution in [1.29, 1.82) is 0 Å². The van der Waals surface area contributed by atoms with Crippen LogP contribution < -0.4 is 5.32 Å². The third-order valence-corrected chi connectivity index (χ3v) is 6.97. The molecule has 6 rings (SSSR count). The van der Waals surface area contributed by atoms with Gasteiger partial charge < -0.3 is 9.88 Å². The van der Waals surface area contributed by atoms with E-state index in [0.717, 1.165) is 65.9 Å². The van der Waals surface area contributed by atoms with E-state index in [1.807, 2.05) is 42.6 Å². The van der Waals surface area contributed by atoms with Crippen LogP contribution in [0.15, 0.2) is 42.9 Å². The Labute approximate surface area is 210 Å². The van der Waals surface area contributed by atoms with Crippen molar-refractivity contribution in [2.75, 3.05) is 18.5 Å². The Hall–Kier alpha value is -3.56. The van der Waals surface area contributed by atoms with Crippen LogP contribution in [0.4, 0.5) is 11.6 Å². The molecule has 0 spiro atoms. The molecule has 1 aliphatic heterocycles. The van der Waals surface area contributed by atoms with E-state index in [2.05, 4.69) is 39.9 Å². The molecule has 9 heteroatoms. The van der Waals surface area contributed by atoms with Gasteiger partial charge in [-0.3, -0.25) is 9.63 Å². The molecule has 4 aromatic rings. The van der Waals surface area contributed by atoms with Crippen molar-refractivity contribution in [2.45, 2.75) is 46.7 Å². The number of benzene rings is 1. The molecule has 0 amide bonds. The van der Waals surface area contributed by atoms with Gasteiger partial charge in [-0.1, -0.05) is 6.92 Å². The van der Waals surface area contributed by atoms with Crippen LogP contribution in [0.5, 0.6) is 0 Å². The number of hydrogen-bond acceptors (Lipinski definition) is 7. The Morgan fingerprint density at radius 2 is 2.08 bits per heavy atom. The van der Waals surface area contributed by atoms with E-state index < -0.39 is 0 Å². The highest BCUT2D eigenvalue weighted by Crippen LogP contribution is 2.36. The molecule has 36 heavy (non-hydrogen) atoms. The zero-order valence-electron chi connectivity index (χ0n) is 20.9. The summed E-state index contributed by atoms with van der Waals surface area (Å²) in [6, 6.07) is 7.93. The van der Waals surface area contributed by atoms with Gasteiger partial charge in [0, 0.05) is 71.4 Å². The number of nitrogens with zero attached hydrogens (tertiary/aromatic N) is 6. The Morgan fingerprint density at radius 1 is 1.22 bits per heavy atom. The lowest BCUT2D eigenvalue weighted by molar-refractivity contribution is -0.117. The third kappa shape index (κ3) is 4.40. The summed E-state index contributed by atoms with van der Waals surface area (Å²) in [5.74, 6) is 2.13. The van der Waals surface area contributed by atoms with E-state index in [4.69, 9.17) is 9.82 Å². The number of aryl methyl sites for hydroxylation is 2. The summed E-state index contributed by atoms with van der Waals surface area (Å²) < 4.78 is 3.92. The number of fused-ring (bicyclic) bond motifs is 1. The van der Waals surface area contributed by atoms with Crippen LogP contribution in [0.25, 0.3) is 16.7 Å². The molecule has 1 aromatic carbocycles. The minimum atomic E-state index is 0.181. The standard InChI is InChI=1S/C27H31N7O2/c1-4-32-15-23(26(35)19-5-6-19)22-11-21(7-8-24(22)32)29-27-28-10-9-25(30-27)34-14-20(18(3)31-34)13-33-12-17(2)16-36-33/h7-11,14-15,17,19H,4-6,12-13,16H2,1-3H3,(H,28,29,30). The van der Waals surface area contributed by atoms with Crippen molar-refractivity contribution >= 4 is 28.3 Å². The molecule has 1 atom stereocenters. The number of Topliss-reactive ketones (excluding diaryl/α,β-unsaturated/α-hetero) is 1. The molecule has 0 radical (unpaired) electrons.